The largest absolute Gasteiger partial charge is 0.344 e. The first-order valence-corrected chi connectivity index (χ1v) is 5.56. The van der Waals surface area contributed by atoms with Crippen LogP contribution in [-0.4, -0.2) is 47.2 Å². The zero-order valence-corrected chi connectivity index (χ0v) is 9.71. The Morgan fingerprint density at radius 3 is 2.53 bits per heavy atom. The van der Waals surface area contributed by atoms with Gasteiger partial charge >= 0.3 is 0 Å². The van der Waals surface area contributed by atoms with Crippen molar-refractivity contribution in [3.63, 3.8) is 0 Å². The average Bonchev–Trinajstić information content (AvgIpc) is 2.97. The molecule has 1 heterocycles. The van der Waals surface area contributed by atoms with Gasteiger partial charge in [0.15, 0.2) is 0 Å². The van der Waals surface area contributed by atoms with Crippen molar-refractivity contribution < 1.29 is 4.79 Å². The summed E-state index contributed by atoms with van der Waals surface area (Å²) in [6.07, 6.45) is 2.24. The van der Waals surface area contributed by atoms with E-state index < -0.39 is 5.54 Å². The van der Waals surface area contributed by atoms with Gasteiger partial charge in [-0.25, -0.2) is 0 Å². The molecule has 2 rings (SSSR count). The standard InChI is InChI=1S/C11H19N3O/c1-11(2)10(15)13(3)6-7-14(11)9(12)8-4-5-8/h8,12H,4-7H2,1-3H3. The number of hydrogen-bond donors (Lipinski definition) is 1. The van der Waals surface area contributed by atoms with Crippen molar-refractivity contribution >= 4 is 11.7 Å². The Labute approximate surface area is 90.7 Å². The number of carbonyl (C=O) groups is 1. The maximum atomic E-state index is 12.0. The number of likely N-dealkylation sites (N-methyl/N-ethyl adjacent to an activating group) is 1. The van der Waals surface area contributed by atoms with Gasteiger partial charge in [0, 0.05) is 26.1 Å². The van der Waals surface area contributed by atoms with E-state index in [1.807, 2.05) is 25.8 Å². The number of amides is 1. The van der Waals surface area contributed by atoms with Crippen LogP contribution in [0.5, 0.6) is 0 Å². The molecule has 4 heteroatoms. The first-order chi connectivity index (χ1) is 6.94. The summed E-state index contributed by atoms with van der Waals surface area (Å²) in [5.41, 5.74) is -0.535. The highest BCUT2D eigenvalue weighted by Gasteiger charge is 2.44. The lowest BCUT2D eigenvalue weighted by atomic mass is 9.97. The summed E-state index contributed by atoms with van der Waals surface area (Å²) in [6, 6.07) is 0. The van der Waals surface area contributed by atoms with Gasteiger partial charge in [0.1, 0.15) is 5.54 Å². The van der Waals surface area contributed by atoms with Crippen molar-refractivity contribution in [2.24, 2.45) is 5.92 Å². The number of rotatable bonds is 1. The fraction of sp³-hybridized carbons (Fsp3) is 0.818. The Morgan fingerprint density at radius 1 is 1.40 bits per heavy atom. The molecule has 4 nitrogen and oxygen atoms in total. The summed E-state index contributed by atoms with van der Waals surface area (Å²) in [6.45, 7) is 5.37. The highest BCUT2D eigenvalue weighted by molar-refractivity contribution is 5.94. The lowest BCUT2D eigenvalue weighted by molar-refractivity contribution is -0.143. The second-order valence-electron chi connectivity index (χ2n) is 5.10. The van der Waals surface area contributed by atoms with Crippen molar-refractivity contribution in [1.29, 1.82) is 5.41 Å². The topological polar surface area (TPSA) is 47.4 Å². The minimum absolute atomic E-state index is 0.124. The smallest absolute Gasteiger partial charge is 0.247 e. The van der Waals surface area contributed by atoms with Crippen LogP contribution in [0.1, 0.15) is 26.7 Å². The molecule has 0 bridgehead atoms. The van der Waals surface area contributed by atoms with E-state index in [-0.39, 0.29) is 5.91 Å². The van der Waals surface area contributed by atoms with Crippen LogP contribution in [0, 0.1) is 11.3 Å². The van der Waals surface area contributed by atoms with Gasteiger partial charge in [-0.1, -0.05) is 0 Å². The third-order valence-corrected chi connectivity index (χ3v) is 3.46. The number of piperazine rings is 1. The monoisotopic (exact) mass is 209 g/mol. The molecule has 1 amide bonds. The summed E-state index contributed by atoms with van der Waals surface area (Å²) in [5, 5.41) is 8.07. The Morgan fingerprint density at radius 2 is 2.00 bits per heavy atom. The Balaban J connectivity index is 2.18. The normalized spacial score (nSPS) is 25.7. The first-order valence-electron chi connectivity index (χ1n) is 5.56. The number of hydrogen-bond acceptors (Lipinski definition) is 2. The van der Waals surface area contributed by atoms with Crippen LogP contribution in [0.3, 0.4) is 0 Å². The van der Waals surface area contributed by atoms with E-state index in [2.05, 4.69) is 0 Å². The van der Waals surface area contributed by atoms with Gasteiger partial charge < -0.3 is 9.80 Å². The maximum absolute atomic E-state index is 12.0. The molecule has 1 aliphatic heterocycles. The van der Waals surface area contributed by atoms with E-state index >= 15 is 0 Å². The molecule has 2 fully saturated rings. The van der Waals surface area contributed by atoms with Gasteiger partial charge in [0.2, 0.25) is 5.91 Å². The van der Waals surface area contributed by atoms with Crippen LogP contribution in [0.4, 0.5) is 0 Å². The molecule has 1 saturated carbocycles. The van der Waals surface area contributed by atoms with Gasteiger partial charge in [0.25, 0.3) is 0 Å². The quantitative estimate of drug-likeness (QED) is 0.516. The molecule has 1 saturated heterocycles. The molecule has 1 N–H and O–H groups in total. The predicted octanol–water partition coefficient (Wildman–Crippen LogP) is 0.926. The van der Waals surface area contributed by atoms with Crippen LogP contribution < -0.4 is 0 Å². The maximum Gasteiger partial charge on any atom is 0.247 e. The fourth-order valence-corrected chi connectivity index (χ4v) is 2.21. The first kappa shape index (κ1) is 10.5. The molecule has 0 spiro atoms. The van der Waals surface area contributed by atoms with E-state index in [9.17, 15) is 4.79 Å². The summed E-state index contributed by atoms with van der Waals surface area (Å²) in [5.74, 6) is 1.21. The van der Waals surface area contributed by atoms with E-state index in [1.165, 1.54) is 0 Å². The third kappa shape index (κ3) is 1.62. The molecule has 84 valence electrons. The molecule has 0 aromatic heterocycles. The molecule has 0 radical (unpaired) electrons. The van der Waals surface area contributed by atoms with Crippen molar-refractivity contribution in [2.45, 2.75) is 32.2 Å². The van der Waals surface area contributed by atoms with Crippen molar-refractivity contribution in [2.75, 3.05) is 20.1 Å². The minimum Gasteiger partial charge on any atom is -0.344 e. The van der Waals surface area contributed by atoms with Crippen LogP contribution in [0.15, 0.2) is 0 Å². The van der Waals surface area contributed by atoms with Gasteiger partial charge in [-0.05, 0) is 26.7 Å². The van der Waals surface area contributed by atoms with Crippen molar-refractivity contribution in [3.8, 4) is 0 Å². The summed E-state index contributed by atoms with van der Waals surface area (Å²) in [7, 11) is 1.84. The average molecular weight is 209 g/mol. The van der Waals surface area contributed by atoms with Gasteiger partial charge in [-0.15, -0.1) is 0 Å². The Kier molecular flexibility index (Phi) is 2.24. The molecule has 15 heavy (non-hydrogen) atoms. The molecule has 0 aromatic rings. The SMILES string of the molecule is CN1CCN(C(=N)C2CC2)C(C)(C)C1=O. The van der Waals surface area contributed by atoms with Crippen LogP contribution in [0.25, 0.3) is 0 Å². The second-order valence-corrected chi connectivity index (χ2v) is 5.10. The summed E-state index contributed by atoms with van der Waals surface area (Å²) in [4.78, 5) is 15.7. The summed E-state index contributed by atoms with van der Waals surface area (Å²) < 4.78 is 0. The highest BCUT2D eigenvalue weighted by atomic mass is 16.2. The molecule has 0 unspecified atom stereocenters. The minimum atomic E-state index is -0.535. The van der Waals surface area contributed by atoms with Gasteiger partial charge in [0.05, 0.1) is 5.84 Å². The zero-order chi connectivity index (χ0) is 11.2. The number of nitrogens with one attached hydrogen (secondary N) is 1. The molecular formula is C11H19N3O. The lowest BCUT2D eigenvalue weighted by Crippen LogP contribution is -2.63. The molecule has 0 atom stereocenters. The summed E-state index contributed by atoms with van der Waals surface area (Å²) >= 11 is 0. The third-order valence-electron chi connectivity index (χ3n) is 3.46. The molecular weight excluding hydrogens is 190 g/mol. The fourth-order valence-electron chi connectivity index (χ4n) is 2.21. The zero-order valence-electron chi connectivity index (χ0n) is 9.71. The number of amidine groups is 1. The Hall–Kier alpha value is -1.06. The van der Waals surface area contributed by atoms with E-state index in [1.54, 1.807) is 4.90 Å². The van der Waals surface area contributed by atoms with Gasteiger partial charge in [-0.2, -0.15) is 0 Å². The molecule has 2 aliphatic rings. The van der Waals surface area contributed by atoms with Crippen molar-refractivity contribution in [3.05, 3.63) is 0 Å². The molecule has 1 aliphatic carbocycles. The van der Waals surface area contributed by atoms with Crippen LogP contribution in [-0.2, 0) is 4.79 Å². The lowest BCUT2D eigenvalue weighted by Gasteiger charge is -2.46. The predicted molar refractivity (Wildman–Crippen MR) is 58.9 cm³/mol. The second kappa shape index (κ2) is 3.22. The van der Waals surface area contributed by atoms with Gasteiger partial charge in [-0.3, -0.25) is 10.2 Å². The van der Waals surface area contributed by atoms with E-state index in [0.717, 1.165) is 25.9 Å². The number of carbonyl (C=O) groups excluding carboxylic acids is 1. The Bertz CT molecular complexity index is 307. The van der Waals surface area contributed by atoms with Crippen LogP contribution in [0.2, 0.25) is 0 Å². The molecule has 0 aromatic carbocycles. The van der Waals surface area contributed by atoms with Crippen LogP contribution >= 0.6 is 0 Å². The van der Waals surface area contributed by atoms with E-state index in [0.29, 0.717) is 11.8 Å². The van der Waals surface area contributed by atoms with E-state index in [4.69, 9.17) is 5.41 Å². The number of nitrogens with zero attached hydrogens (tertiary/aromatic N) is 2. The van der Waals surface area contributed by atoms with Crippen molar-refractivity contribution in [1.82, 2.24) is 9.80 Å². The highest BCUT2D eigenvalue weighted by Crippen LogP contribution is 2.34.